The van der Waals surface area contributed by atoms with Crippen molar-refractivity contribution in [2.75, 3.05) is 6.61 Å². The van der Waals surface area contributed by atoms with Gasteiger partial charge in [-0.15, -0.1) is 0 Å². The zero-order valence-corrected chi connectivity index (χ0v) is 16.5. The van der Waals surface area contributed by atoms with E-state index in [1.165, 1.54) is 0 Å². The van der Waals surface area contributed by atoms with E-state index in [1.54, 1.807) is 42.9 Å². The van der Waals surface area contributed by atoms with Gasteiger partial charge in [0, 0.05) is 6.07 Å². The Morgan fingerprint density at radius 3 is 2.60 bits per heavy atom. The van der Waals surface area contributed by atoms with Crippen molar-refractivity contribution in [1.82, 2.24) is 0 Å². The van der Waals surface area contributed by atoms with E-state index in [2.05, 4.69) is 4.74 Å². The molecule has 11 heteroatoms. The SMILES string of the molecule is CC1(C)O[C@@H]2[C@H](O1)[C@@H](COC(=O)CCC(=O)OC=O)O[C@H]2[n+]1cccc(C(N)=O)c1. The van der Waals surface area contributed by atoms with Crippen LogP contribution in [0, 0.1) is 0 Å². The predicted molar refractivity (Wildman–Crippen MR) is 95.2 cm³/mol. The summed E-state index contributed by atoms with van der Waals surface area (Å²) in [7, 11) is 0. The second kappa shape index (κ2) is 8.86. The van der Waals surface area contributed by atoms with Gasteiger partial charge in [-0.1, -0.05) is 0 Å². The topological polar surface area (TPSA) is 144 Å². The van der Waals surface area contributed by atoms with Gasteiger partial charge < -0.3 is 29.4 Å². The van der Waals surface area contributed by atoms with Crippen LogP contribution in [0.15, 0.2) is 24.5 Å². The van der Waals surface area contributed by atoms with E-state index in [9.17, 15) is 19.2 Å². The fraction of sp³-hybridized carbons (Fsp3) is 0.526. The molecule has 2 saturated heterocycles. The van der Waals surface area contributed by atoms with Crippen LogP contribution >= 0.6 is 0 Å². The first kappa shape index (κ1) is 21.8. The Morgan fingerprint density at radius 2 is 1.90 bits per heavy atom. The summed E-state index contributed by atoms with van der Waals surface area (Å²) in [5, 5.41) is 0. The lowest BCUT2D eigenvalue weighted by atomic mass is 10.1. The summed E-state index contributed by atoms with van der Waals surface area (Å²) >= 11 is 0. The smallest absolute Gasteiger partial charge is 0.313 e. The standard InChI is InChI=1S/C19H22N2O9/c1-19(2)29-15-12(9-26-13(23)5-6-14(24)27-10-22)28-18(16(15)30-19)21-7-3-4-11(8-21)17(20)25/h3-4,7-8,10,12,15-16,18H,5-6,9H2,1-2H3,(H-,20,25)/p+1/t12-,15-,16-,18-/m1/s1. The van der Waals surface area contributed by atoms with Crippen LogP contribution in [0.3, 0.4) is 0 Å². The van der Waals surface area contributed by atoms with Gasteiger partial charge in [0.05, 0.1) is 12.8 Å². The van der Waals surface area contributed by atoms with E-state index in [4.69, 9.17) is 24.7 Å². The number of amides is 1. The molecule has 1 aromatic rings. The van der Waals surface area contributed by atoms with Crippen LogP contribution in [-0.4, -0.2) is 55.0 Å². The largest absolute Gasteiger partial charge is 0.463 e. The molecule has 0 aromatic carbocycles. The maximum absolute atomic E-state index is 11.9. The molecule has 0 bridgehead atoms. The molecule has 2 aliphatic heterocycles. The molecule has 0 saturated carbocycles. The molecular weight excluding hydrogens is 400 g/mol. The molecular formula is C19H23N2O9+. The van der Waals surface area contributed by atoms with Gasteiger partial charge in [0.1, 0.15) is 24.4 Å². The normalized spacial score (nSPS) is 26.6. The average Bonchev–Trinajstić information content (AvgIpc) is 3.18. The molecule has 4 atom stereocenters. The lowest BCUT2D eigenvalue weighted by molar-refractivity contribution is -0.766. The molecule has 1 amide bonds. The van der Waals surface area contributed by atoms with Crippen molar-refractivity contribution in [2.24, 2.45) is 5.73 Å². The van der Waals surface area contributed by atoms with Crippen LogP contribution in [0.1, 0.15) is 43.3 Å². The minimum atomic E-state index is -0.875. The fourth-order valence-corrected chi connectivity index (χ4v) is 3.39. The lowest BCUT2D eigenvalue weighted by Crippen LogP contribution is -2.46. The predicted octanol–water partition coefficient (Wildman–Crippen LogP) is -0.486. The number of primary amides is 1. The molecule has 3 heterocycles. The van der Waals surface area contributed by atoms with Crippen LogP contribution in [0.5, 0.6) is 0 Å². The number of hydrogen-bond donors (Lipinski definition) is 1. The van der Waals surface area contributed by atoms with Crippen molar-refractivity contribution in [2.45, 2.75) is 57.0 Å². The highest BCUT2D eigenvalue weighted by Gasteiger charge is 2.59. The van der Waals surface area contributed by atoms with Crippen molar-refractivity contribution in [3.63, 3.8) is 0 Å². The fourth-order valence-electron chi connectivity index (χ4n) is 3.39. The molecule has 2 fully saturated rings. The van der Waals surface area contributed by atoms with E-state index in [0.717, 1.165) is 0 Å². The van der Waals surface area contributed by atoms with Crippen LogP contribution in [0.25, 0.3) is 0 Å². The highest BCUT2D eigenvalue weighted by Crippen LogP contribution is 2.41. The third-order valence-corrected chi connectivity index (χ3v) is 4.65. The average molecular weight is 423 g/mol. The third-order valence-electron chi connectivity index (χ3n) is 4.65. The second-order valence-electron chi connectivity index (χ2n) is 7.30. The van der Waals surface area contributed by atoms with Crippen LogP contribution in [-0.2, 0) is 38.1 Å². The lowest BCUT2D eigenvalue weighted by Gasteiger charge is -2.22. The molecule has 0 unspecified atom stereocenters. The molecule has 1 aromatic heterocycles. The number of nitrogens with zero attached hydrogens (tertiary/aromatic N) is 1. The van der Waals surface area contributed by atoms with Crippen molar-refractivity contribution >= 4 is 24.3 Å². The van der Waals surface area contributed by atoms with E-state index in [0.29, 0.717) is 5.56 Å². The number of fused-ring (bicyclic) bond motifs is 1. The van der Waals surface area contributed by atoms with E-state index < -0.39 is 48.2 Å². The minimum Gasteiger partial charge on any atom is -0.463 e. The first-order valence-electron chi connectivity index (χ1n) is 9.30. The van der Waals surface area contributed by atoms with Gasteiger partial charge in [0.2, 0.25) is 0 Å². The number of carbonyl (C=O) groups is 4. The third kappa shape index (κ3) is 4.99. The van der Waals surface area contributed by atoms with Gasteiger partial charge in [-0.05, 0) is 19.9 Å². The summed E-state index contributed by atoms with van der Waals surface area (Å²) in [4.78, 5) is 44.6. The number of esters is 2. The Bertz CT molecular complexity index is 841. The summed E-state index contributed by atoms with van der Waals surface area (Å²) in [6.45, 7) is 3.39. The summed E-state index contributed by atoms with van der Waals surface area (Å²) in [5.74, 6) is -2.93. The number of nitrogens with two attached hydrogens (primary N) is 1. The van der Waals surface area contributed by atoms with Crippen molar-refractivity contribution in [3.05, 3.63) is 30.1 Å². The number of aromatic nitrogens is 1. The summed E-state index contributed by atoms with van der Waals surface area (Å²) in [5.41, 5.74) is 5.65. The first-order chi connectivity index (χ1) is 14.2. The van der Waals surface area contributed by atoms with Crippen LogP contribution < -0.4 is 10.3 Å². The second-order valence-corrected chi connectivity index (χ2v) is 7.30. The molecule has 0 radical (unpaired) electrons. The summed E-state index contributed by atoms with van der Waals surface area (Å²) in [6.07, 6.45) is 0.415. The van der Waals surface area contributed by atoms with Gasteiger partial charge in [-0.3, -0.25) is 19.2 Å². The maximum Gasteiger partial charge on any atom is 0.313 e. The highest BCUT2D eigenvalue weighted by atomic mass is 16.8. The Hall–Kier alpha value is -2.89. The van der Waals surface area contributed by atoms with E-state index >= 15 is 0 Å². The van der Waals surface area contributed by atoms with Crippen LogP contribution in [0.2, 0.25) is 0 Å². The summed E-state index contributed by atoms with van der Waals surface area (Å²) < 4.78 is 28.9. The Morgan fingerprint density at radius 1 is 1.20 bits per heavy atom. The number of carbonyl (C=O) groups excluding carboxylic acids is 4. The quantitative estimate of drug-likeness (QED) is 0.253. The van der Waals surface area contributed by atoms with Gasteiger partial charge in [0.15, 0.2) is 24.3 Å². The van der Waals surface area contributed by atoms with E-state index in [1.807, 2.05) is 0 Å². The molecule has 11 nitrogen and oxygen atoms in total. The minimum absolute atomic E-state index is 0.00436. The number of rotatable bonds is 8. The summed E-state index contributed by atoms with van der Waals surface area (Å²) in [6, 6.07) is 3.24. The zero-order valence-electron chi connectivity index (χ0n) is 16.5. The first-order valence-corrected chi connectivity index (χ1v) is 9.30. The zero-order chi connectivity index (χ0) is 21.9. The molecule has 162 valence electrons. The molecule has 0 spiro atoms. The maximum atomic E-state index is 11.9. The van der Waals surface area contributed by atoms with Gasteiger partial charge in [0.25, 0.3) is 12.1 Å². The number of ether oxygens (including phenoxy) is 5. The highest BCUT2D eigenvalue weighted by molar-refractivity contribution is 5.92. The molecule has 2 N–H and O–H groups in total. The van der Waals surface area contributed by atoms with Crippen molar-refractivity contribution < 1.29 is 47.4 Å². The Balaban J connectivity index is 1.67. The Kier molecular flexibility index (Phi) is 6.44. The van der Waals surface area contributed by atoms with Crippen LogP contribution in [0.4, 0.5) is 0 Å². The number of pyridine rings is 1. The van der Waals surface area contributed by atoms with Gasteiger partial charge in [-0.25, -0.2) is 0 Å². The van der Waals surface area contributed by atoms with Crippen molar-refractivity contribution in [1.29, 1.82) is 0 Å². The Labute approximate surface area is 172 Å². The monoisotopic (exact) mass is 423 g/mol. The molecule has 30 heavy (non-hydrogen) atoms. The molecule has 2 aliphatic rings. The van der Waals surface area contributed by atoms with Gasteiger partial charge in [-0.2, -0.15) is 4.57 Å². The molecule has 3 rings (SSSR count). The number of hydrogen-bond acceptors (Lipinski definition) is 9. The van der Waals surface area contributed by atoms with E-state index in [-0.39, 0.29) is 25.9 Å². The molecule has 0 aliphatic carbocycles. The van der Waals surface area contributed by atoms with Crippen molar-refractivity contribution in [3.8, 4) is 0 Å². The van der Waals surface area contributed by atoms with Gasteiger partial charge >= 0.3 is 18.4 Å².